The van der Waals surface area contributed by atoms with Gasteiger partial charge in [0, 0.05) is 5.56 Å². The fourth-order valence-corrected chi connectivity index (χ4v) is 2.76. The average molecular weight is 374 g/mol. The fourth-order valence-electron chi connectivity index (χ4n) is 2.76. The van der Waals surface area contributed by atoms with Gasteiger partial charge in [0.05, 0.1) is 0 Å². The third kappa shape index (κ3) is 3.56. The van der Waals surface area contributed by atoms with E-state index in [1.165, 1.54) is 0 Å². The monoisotopic (exact) mass is 374 g/mol. The lowest BCUT2D eigenvalue weighted by molar-refractivity contribution is -0.135. The third-order valence-electron chi connectivity index (χ3n) is 4.15. The summed E-state index contributed by atoms with van der Waals surface area (Å²) in [4.78, 5) is 12.8. The number of carbonyl (C=O) groups excluding carboxylic acids is 1. The Bertz CT molecular complexity index is 904. The van der Waals surface area contributed by atoms with E-state index in [9.17, 15) is 22.4 Å². The minimum absolute atomic E-state index is 0.551. The third-order valence-corrected chi connectivity index (χ3v) is 4.15. The van der Waals surface area contributed by atoms with Crippen molar-refractivity contribution in [3.8, 4) is 5.75 Å². The predicted molar refractivity (Wildman–Crippen MR) is 91.4 cm³/mol. The van der Waals surface area contributed by atoms with Crippen molar-refractivity contribution in [1.82, 2.24) is 0 Å². The van der Waals surface area contributed by atoms with Crippen molar-refractivity contribution in [2.24, 2.45) is 0 Å². The molecule has 0 aromatic heterocycles. The molecule has 0 heterocycles. The van der Waals surface area contributed by atoms with Crippen LogP contribution in [0.25, 0.3) is 0 Å². The van der Waals surface area contributed by atoms with Crippen LogP contribution >= 0.6 is 0 Å². The van der Waals surface area contributed by atoms with Crippen molar-refractivity contribution in [2.45, 2.75) is 12.8 Å². The molecule has 0 aliphatic heterocycles. The van der Waals surface area contributed by atoms with Gasteiger partial charge in [-0.15, -0.1) is 0 Å². The lowest BCUT2D eigenvalue weighted by Crippen LogP contribution is -2.21. The SMILES string of the molecule is Cc1c(F)c(F)c(F)c(F)c1OC(=O)C(c1ccccc1)c1ccccc1. The van der Waals surface area contributed by atoms with Gasteiger partial charge in [-0.1, -0.05) is 60.7 Å². The Kier molecular flexibility index (Phi) is 5.26. The number of benzene rings is 3. The minimum atomic E-state index is -2.03. The second kappa shape index (κ2) is 7.61. The van der Waals surface area contributed by atoms with Crippen LogP contribution in [0.3, 0.4) is 0 Å². The smallest absolute Gasteiger partial charge is 0.323 e. The van der Waals surface area contributed by atoms with Crippen LogP contribution in [0.5, 0.6) is 5.75 Å². The zero-order chi connectivity index (χ0) is 19.6. The highest BCUT2D eigenvalue weighted by Gasteiger charge is 2.30. The van der Waals surface area contributed by atoms with Crippen LogP contribution in [0.15, 0.2) is 60.7 Å². The summed E-state index contributed by atoms with van der Waals surface area (Å²) < 4.78 is 59.7. The van der Waals surface area contributed by atoms with Crippen molar-refractivity contribution in [1.29, 1.82) is 0 Å². The molecule has 0 aliphatic carbocycles. The van der Waals surface area contributed by atoms with Crippen molar-refractivity contribution >= 4 is 5.97 Å². The summed E-state index contributed by atoms with van der Waals surface area (Å²) in [6.45, 7) is 1.00. The van der Waals surface area contributed by atoms with E-state index in [2.05, 4.69) is 0 Å². The fraction of sp³-hybridized carbons (Fsp3) is 0.0952. The van der Waals surface area contributed by atoms with Gasteiger partial charge in [0.2, 0.25) is 11.6 Å². The maximum atomic E-state index is 14.1. The summed E-state index contributed by atoms with van der Waals surface area (Å²) in [6, 6.07) is 17.0. The number of hydrogen-bond acceptors (Lipinski definition) is 2. The van der Waals surface area contributed by atoms with Gasteiger partial charge < -0.3 is 4.74 Å². The highest BCUT2D eigenvalue weighted by molar-refractivity contribution is 5.84. The molecule has 138 valence electrons. The molecule has 0 radical (unpaired) electrons. The molecular formula is C21H14F4O2. The first kappa shape index (κ1) is 18.6. The van der Waals surface area contributed by atoms with Crippen molar-refractivity contribution in [3.05, 3.63) is 101 Å². The maximum absolute atomic E-state index is 14.1. The number of hydrogen-bond donors (Lipinski definition) is 0. The molecule has 3 aromatic carbocycles. The van der Waals surface area contributed by atoms with Gasteiger partial charge in [-0.25, -0.2) is 13.2 Å². The van der Waals surface area contributed by atoms with Crippen LogP contribution in [-0.2, 0) is 4.79 Å². The highest BCUT2D eigenvalue weighted by atomic mass is 19.2. The maximum Gasteiger partial charge on any atom is 0.323 e. The number of halogens is 4. The lowest BCUT2D eigenvalue weighted by Gasteiger charge is -2.18. The molecule has 3 aromatic rings. The summed E-state index contributed by atoms with van der Waals surface area (Å²) in [5.41, 5.74) is 0.476. The van der Waals surface area contributed by atoms with Crippen molar-refractivity contribution in [2.75, 3.05) is 0 Å². The number of ether oxygens (including phenoxy) is 1. The summed E-state index contributed by atoms with van der Waals surface area (Å²) in [5.74, 6) is -10.2. The van der Waals surface area contributed by atoms with Gasteiger partial charge in [0.15, 0.2) is 17.4 Å². The standard InChI is InChI=1S/C21H14F4O2/c1-12-16(22)17(23)18(24)19(25)20(12)27-21(26)15(13-8-4-2-5-9-13)14-10-6-3-7-11-14/h2-11,15H,1H3. The number of rotatable bonds is 4. The van der Waals surface area contributed by atoms with E-state index in [4.69, 9.17) is 4.74 Å². The van der Waals surface area contributed by atoms with E-state index in [-0.39, 0.29) is 0 Å². The van der Waals surface area contributed by atoms with Crippen LogP contribution in [-0.4, -0.2) is 5.97 Å². The van der Waals surface area contributed by atoms with Gasteiger partial charge in [0.25, 0.3) is 0 Å². The van der Waals surface area contributed by atoms with Gasteiger partial charge in [-0.2, -0.15) is 4.39 Å². The van der Waals surface area contributed by atoms with Crippen LogP contribution < -0.4 is 4.74 Å². The van der Waals surface area contributed by atoms with Gasteiger partial charge in [-0.3, -0.25) is 4.79 Å². The topological polar surface area (TPSA) is 26.3 Å². The first-order valence-corrected chi connectivity index (χ1v) is 8.06. The molecule has 0 amide bonds. The van der Waals surface area contributed by atoms with Gasteiger partial charge in [-0.05, 0) is 18.1 Å². The molecule has 0 fully saturated rings. The van der Waals surface area contributed by atoms with Crippen LogP contribution in [0.2, 0.25) is 0 Å². The van der Waals surface area contributed by atoms with E-state index < -0.39 is 46.5 Å². The quantitative estimate of drug-likeness (QED) is 0.204. The molecule has 0 unspecified atom stereocenters. The molecular weight excluding hydrogens is 360 g/mol. The van der Waals surface area contributed by atoms with Gasteiger partial charge >= 0.3 is 5.97 Å². The summed E-state index contributed by atoms with van der Waals surface area (Å²) in [5, 5.41) is 0. The van der Waals surface area contributed by atoms with E-state index >= 15 is 0 Å². The number of esters is 1. The molecule has 0 aliphatic rings. The molecule has 0 bridgehead atoms. The highest BCUT2D eigenvalue weighted by Crippen LogP contribution is 2.33. The van der Waals surface area contributed by atoms with Crippen LogP contribution in [0.1, 0.15) is 22.6 Å². The van der Waals surface area contributed by atoms with Crippen molar-refractivity contribution in [3.63, 3.8) is 0 Å². The Morgan fingerprint density at radius 3 is 1.67 bits per heavy atom. The summed E-state index contributed by atoms with van der Waals surface area (Å²) in [7, 11) is 0. The summed E-state index contributed by atoms with van der Waals surface area (Å²) >= 11 is 0. The van der Waals surface area contributed by atoms with Crippen LogP contribution in [0.4, 0.5) is 17.6 Å². The molecule has 3 rings (SSSR count). The molecule has 6 heteroatoms. The molecule has 0 spiro atoms. The zero-order valence-electron chi connectivity index (χ0n) is 14.2. The van der Waals surface area contributed by atoms with E-state index in [0.29, 0.717) is 11.1 Å². The average Bonchev–Trinajstić information content (AvgIpc) is 2.70. The summed E-state index contributed by atoms with van der Waals surface area (Å²) in [6.07, 6.45) is 0. The molecule has 0 N–H and O–H groups in total. The Morgan fingerprint density at radius 1 is 0.741 bits per heavy atom. The molecule has 0 atom stereocenters. The minimum Gasteiger partial charge on any atom is -0.422 e. The zero-order valence-corrected chi connectivity index (χ0v) is 14.2. The Hall–Kier alpha value is -3.15. The Labute approximate surface area is 153 Å². The Morgan fingerprint density at radius 2 is 1.19 bits per heavy atom. The van der Waals surface area contributed by atoms with E-state index in [1.54, 1.807) is 60.7 Å². The van der Waals surface area contributed by atoms with Crippen molar-refractivity contribution < 1.29 is 27.1 Å². The first-order valence-electron chi connectivity index (χ1n) is 8.06. The van der Waals surface area contributed by atoms with Crippen LogP contribution in [0, 0.1) is 30.2 Å². The van der Waals surface area contributed by atoms with Gasteiger partial charge in [0.1, 0.15) is 5.92 Å². The molecule has 2 nitrogen and oxygen atoms in total. The first-order chi connectivity index (χ1) is 12.9. The largest absolute Gasteiger partial charge is 0.422 e. The molecule has 0 saturated carbocycles. The normalized spacial score (nSPS) is 10.9. The predicted octanol–water partition coefficient (Wildman–Crippen LogP) is 5.29. The second-order valence-electron chi connectivity index (χ2n) is 5.89. The number of carbonyl (C=O) groups is 1. The lowest BCUT2D eigenvalue weighted by atomic mass is 9.91. The second-order valence-corrected chi connectivity index (χ2v) is 5.89. The van der Waals surface area contributed by atoms with E-state index in [0.717, 1.165) is 6.92 Å². The van der Waals surface area contributed by atoms with E-state index in [1.807, 2.05) is 0 Å². The molecule has 0 saturated heterocycles. The Balaban J connectivity index is 2.05. The molecule has 27 heavy (non-hydrogen) atoms.